The van der Waals surface area contributed by atoms with Gasteiger partial charge in [-0.3, -0.25) is 4.79 Å². The maximum atomic E-state index is 10.8. The van der Waals surface area contributed by atoms with Crippen LogP contribution in [0.15, 0.2) is 24.3 Å². The summed E-state index contributed by atoms with van der Waals surface area (Å²) in [6, 6.07) is 2.68. The predicted molar refractivity (Wildman–Crippen MR) is 140 cm³/mol. The van der Waals surface area contributed by atoms with E-state index < -0.39 is 17.9 Å². The first-order chi connectivity index (χ1) is 17.1. The SMILES string of the molecule is CCCCCC[C@@H](O)C/C=C/CCCCCCCC(=O)O.COc1cc(C)c(C(=O)O)c(C(=O)O)c1. The molecule has 0 radical (unpaired) electrons. The van der Waals surface area contributed by atoms with Gasteiger partial charge in [-0.2, -0.15) is 0 Å². The summed E-state index contributed by atoms with van der Waals surface area (Å²) in [7, 11) is 1.39. The zero-order chi connectivity index (χ0) is 27.3. The van der Waals surface area contributed by atoms with Gasteiger partial charge < -0.3 is 25.2 Å². The first kappa shape index (κ1) is 33.1. The fraction of sp³-hybridized carbons (Fsp3) is 0.607. The van der Waals surface area contributed by atoms with Crippen LogP contribution in [0.5, 0.6) is 5.75 Å². The van der Waals surface area contributed by atoms with Gasteiger partial charge in [0, 0.05) is 6.42 Å². The highest BCUT2D eigenvalue weighted by molar-refractivity contribution is 6.03. The lowest BCUT2D eigenvalue weighted by atomic mass is 10.0. The van der Waals surface area contributed by atoms with Crippen molar-refractivity contribution in [1.29, 1.82) is 0 Å². The number of carboxylic acid groups (broad SMARTS) is 3. The lowest BCUT2D eigenvalue weighted by molar-refractivity contribution is -0.137. The molecule has 0 saturated heterocycles. The smallest absolute Gasteiger partial charge is 0.336 e. The minimum absolute atomic E-state index is 0.172. The van der Waals surface area contributed by atoms with E-state index in [1.165, 1.54) is 51.8 Å². The molecule has 0 fully saturated rings. The first-order valence-electron chi connectivity index (χ1n) is 12.8. The number of unbranched alkanes of at least 4 members (excludes halogenated alkanes) is 8. The number of rotatable bonds is 18. The van der Waals surface area contributed by atoms with Gasteiger partial charge in [0.2, 0.25) is 0 Å². The highest BCUT2D eigenvalue weighted by atomic mass is 16.5. The first-order valence-corrected chi connectivity index (χ1v) is 12.8. The zero-order valence-electron chi connectivity index (χ0n) is 22.0. The molecular formula is C28H44O8. The van der Waals surface area contributed by atoms with Gasteiger partial charge in [0.25, 0.3) is 0 Å². The van der Waals surface area contributed by atoms with Crippen molar-refractivity contribution in [3.63, 3.8) is 0 Å². The van der Waals surface area contributed by atoms with Crippen molar-refractivity contribution in [2.45, 2.75) is 103 Å². The molecular weight excluding hydrogens is 464 g/mol. The Morgan fingerprint density at radius 2 is 1.53 bits per heavy atom. The minimum atomic E-state index is -1.28. The largest absolute Gasteiger partial charge is 0.497 e. The van der Waals surface area contributed by atoms with Crippen LogP contribution in [-0.2, 0) is 4.79 Å². The van der Waals surface area contributed by atoms with E-state index in [1.807, 2.05) is 0 Å². The van der Waals surface area contributed by atoms with Crippen molar-refractivity contribution in [2.75, 3.05) is 7.11 Å². The number of allylic oxidation sites excluding steroid dienone is 1. The van der Waals surface area contributed by atoms with Gasteiger partial charge in [-0.05, 0) is 56.7 Å². The average Bonchev–Trinajstić information content (AvgIpc) is 2.82. The van der Waals surface area contributed by atoms with Crippen molar-refractivity contribution in [1.82, 2.24) is 0 Å². The van der Waals surface area contributed by atoms with Gasteiger partial charge in [0.1, 0.15) is 5.75 Å². The standard InChI is InChI=1S/C18H34O3.C10H10O5/c1-2-3-4-11-14-17(19)15-12-9-7-5-6-8-10-13-16-18(20)21;1-5-3-6(15-2)4-7(9(11)12)8(5)10(13)14/h9,12,17,19H,2-8,10-11,13-16H2,1H3,(H,20,21);3-4H,1-2H3,(H,11,12)(H,13,14)/b12-9+;/t17-;/m1./s1. The Morgan fingerprint density at radius 3 is 2.11 bits per heavy atom. The number of methoxy groups -OCH3 is 1. The quantitative estimate of drug-likeness (QED) is 0.130. The van der Waals surface area contributed by atoms with Crippen molar-refractivity contribution >= 4 is 17.9 Å². The van der Waals surface area contributed by atoms with Gasteiger partial charge in [-0.1, -0.05) is 64.0 Å². The molecule has 36 heavy (non-hydrogen) atoms. The van der Waals surface area contributed by atoms with Crippen molar-refractivity contribution in [2.24, 2.45) is 0 Å². The molecule has 8 heteroatoms. The monoisotopic (exact) mass is 508 g/mol. The Kier molecular flexibility index (Phi) is 18.7. The molecule has 0 aliphatic carbocycles. The molecule has 4 N–H and O–H groups in total. The van der Waals surface area contributed by atoms with E-state index in [2.05, 4.69) is 19.1 Å². The third kappa shape index (κ3) is 15.9. The number of aliphatic carboxylic acids is 1. The molecule has 204 valence electrons. The third-order valence-corrected chi connectivity index (χ3v) is 5.72. The summed E-state index contributed by atoms with van der Waals surface area (Å²) in [5, 5.41) is 36.0. The van der Waals surface area contributed by atoms with Crippen LogP contribution >= 0.6 is 0 Å². The summed E-state index contributed by atoms with van der Waals surface area (Å²) in [5.41, 5.74) is -0.109. The van der Waals surface area contributed by atoms with Crippen LogP contribution in [-0.4, -0.2) is 51.5 Å². The second kappa shape index (κ2) is 20.3. The Hall–Kier alpha value is -2.87. The van der Waals surface area contributed by atoms with Crippen molar-refractivity contribution < 1.29 is 39.5 Å². The predicted octanol–water partition coefficient (Wildman–Crippen LogP) is 6.48. The Bertz CT molecular complexity index is 816. The van der Waals surface area contributed by atoms with Crippen molar-refractivity contribution in [3.8, 4) is 5.75 Å². The fourth-order valence-corrected chi connectivity index (χ4v) is 3.69. The second-order valence-electron chi connectivity index (χ2n) is 8.89. The van der Waals surface area contributed by atoms with Crippen LogP contribution < -0.4 is 4.74 Å². The molecule has 1 rings (SSSR count). The van der Waals surface area contributed by atoms with Crippen molar-refractivity contribution in [3.05, 3.63) is 41.0 Å². The molecule has 1 aromatic carbocycles. The number of aryl methyl sites for hydroxylation is 1. The van der Waals surface area contributed by atoms with Gasteiger partial charge in [-0.25, -0.2) is 9.59 Å². The number of aromatic carboxylic acids is 2. The topological polar surface area (TPSA) is 141 Å². The van der Waals surface area contributed by atoms with Gasteiger partial charge in [0.05, 0.1) is 24.3 Å². The number of ether oxygens (including phenoxy) is 1. The van der Waals surface area contributed by atoms with Crippen LogP contribution in [0.2, 0.25) is 0 Å². The van der Waals surface area contributed by atoms with Gasteiger partial charge >= 0.3 is 17.9 Å². The summed E-state index contributed by atoms with van der Waals surface area (Å²) in [6.07, 6.45) is 17.4. The number of carboxylic acids is 3. The van der Waals surface area contributed by atoms with E-state index in [-0.39, 0.29) is 17.2 Å². The van der Waals surface area contributed by atoms with E-state index in [9.17, 15) is 19.5 Å². The second-order valence-corrected chi connectivity index (χ2v) is 8.89. The summed E-state index contributed by atoms with van der Waals surface area (Å²) >= 11 is 0. The van der Waals surface area contributed by atoms with E-state index in [0.717, 1.165) is 51.4 Å². The lowest BCUT2D eigenvalue weighted by Gasteiger charge is -2.08. The molecule has 0 aliphatic rings. The summed E-state index contributed by atoms with van der Waals surface area (Å²) < 4.78 is 4.86. The highest BCUT2D eigenvalue weighted by Gasteiger charge is 2.19. The summed E-state index contributed by atoms with van der Waals surface area (Å²) in [5.74, 6) is -2.90. The maximum absolute atomic E-state index is 10.8. The molecule has 0 bridgehead atoms. The van der Waals surface area contributed by atoms with Gasteiger partial charge in [-0.15, -0.1) is 0 Å². The molecule has 0 aliphatic heterocycles. The third-order valence-electron chi connectivity index (χ3n) is 5.72. The molecule has 0 saturated carbocycles. The van der Waals surface area contributed by atoms with Crippen LogP contribution in [0.4, 0.5) is 0 Å². The number of hydrogen-bond donors (Lipinski definition) is 4. The number of aliphatic hydroxyl groups is 1. The highest BCUT2D eigenvalue weighted by Crippen LogP contribution is 2.22. The Morgan fingerprint density at radius 1 is 0.889 bits per heavy atom. The van der Waals surface area contributed by atoms with Crippen LogP contribution in [0, 0.1) is 6.92 Å². The molecule has 0 aromatic heterocycles. The molecule has 1 aromatic rings. The van der Waals surface area contributed by atoms with Crippen LogP contribution in [0.25, 0.3) is 0 Å². The van der Waals surface area contributed by atoms with E-state index in [1.54, 1.807) is 0 Å². The number of benzene rings is 1. The molecule has 0 heterocycles. The summed E-state index contributed by atoms with van der Waals surface area (Å²) in [6.45, 7) is 3.73. The Balaban J connectivity index is 0.000000717. The number of hydrogen-bond acceptors (Lipinski definition) is 5. The normalized spacial score (nSPS) is 11.6. The number of carbonyl (C=O) groups is 3. The molecule has 8 nitrogen and oxygen atoms in total. The molecule has 0 spiro atoms. The number of aliphatic hydroxyl groups excluding tert-OH is 1. The lowest BCUT2D eigenvalue weighted by Crippen LogP contribution is -2.10. The molecule has 0 unspecified atom stereocenters. The maximum Gasteiger partial charge on any atom is 0.336 e. The van der Waals surface area contributed by atoms with E-state index >= 15 is 0 Å². The fourth-order valence-electron chi connectivity index (χ4n) is 3.69. The van der Waals surface area contributed by atoms with E-state index in [4.69, 9.17) is 20.1 Å². The zero-order valence-corrected chi connectivity index (χ0v) is 22.0. The molecule has 0 amide bonds. The van der Waals surface area contributed by atoms with E-state index in [0.29, 0.717) is 17.7 Å². The van der Waals surface area contributed by atoms with Crippen LogP contribution in [0.3, 0.4) is 0 Å². The summed E-state index contributed by atoms with van der Waals surface area (Å²) in [4.78, 5) is 32.0. The van der Waals surface area contributed by atoms with Gasteiger partial charge in [0.15, 0.2) is 0 Å². The Labute approximate surface area is 215 Å². The average molecular weight is 509 g/mol. The minimum Gasteiger partial charge on any atom is -0.497 e. The molecule has 1 atom stereocenters. The van der Waals surface area contributed by atoms with Crippen LogP contribution in [0.1, 0.15) is 117 Å².